The van der Waals surface area contributed by atoms with Gasteiger partial charge in [0.2, 0.25) is 5.91 Å². The molecule has 1 fully saturated rings. The van der Waals surface area contributed by atoms with Gasteiger partial charge < -0.3 is 14.8 Å². The van der Waals surface area contributed by atoms with E-state index in [-0.39, 0.29) is 24.4 Å². The largest absolute Gasteiger partial charge is 0.342 e. The van der Waals surface area contributed by atoms with Crippen molar-refractivity contribution < 1.29 is 9.59 Å². The van der Waals surface area contributed by atoms with Crippen LogP contribution in [0.25, 0.3) is 11.0 Å². The number of H-pyrrole nitrogens is 1. The minimum Gasteiger partial charge on any atom is -0.342 e. The number of benzene rings is 2. The summed E-state index contributed by atoms with van der Waals surface area (Å²) in [5.41, 5.74) is 2.97. The summed E-state index contributed by atoms with van der Waals surface area (Å²) in [6, 6.07) is 12.4. The van der Waals surface area contributed by atoms with E-state index in [1.807, 2.05) is 32.0 Å². The molecular formula is C20H19ClN4O2. The number of imidazole rings is 1. The van der Waals surface area contributed by atoms with Crippen LogP contribution in [0.2, 0.25) is 5.02 Å². The lowest BCUT2D eigenvalue weighted by atomic mass is 10.1. The molecule has 1 saturated heterocycles. The highest BCUT2D eigenvalue weighted by atomic mass is 35.5. The van der Waals surface area contributed by atoms with Crippen LogP contribution in [0.15, 0.2) is 42.5 Å². The molecule has 1 atom stereocenters. The predicted octanol–water partition coefficient (Wildman–Crippen LogP) is 3.40. The Balaban J connectivity index is 1.56. The summed E-state index contributed by atoms with van der Waals surface area (Å²) in [5.74, 6) is 0.540. The first kappa shape index (κ1) is 17.5. The molecule has 3 aromatic rings. The molecule has 2 aromatic carbocycles. The van der Waals surface area contributed by atoms with Crippen molar-refractivity contribution in [3.63, 3.8) is 0 Å². The van der Waals surface area contributed by atoms with Gasteiger partial charge in [0.1, 0.15) is 12.4 Å². The van der Waals surface area contributed by atoms with Gasteiger partial charge in [0, 0.05) is 28.9 Å². The van der Waals surface area contributed by atoms with E-state index in [9.17, 15) is 9.59 Å². The topological polar surface area (TPSA) is 69.3 Å². The number of halogens is 1. The third-order valence-electron chi connectivity index (χ3n) is 4.83. The summed E-state index contributed by atoms with van der Waals surface area (Å²) in [6.45, 7) is 4.31. The zero-order chi connectivity index (χ0) is 19.1. The number of fused-ring (bicyclic) bond motifs is 1. The van der Waals surface area contributed by atoms with Crippen molar-refractivity contribution in [1.29, 1.82) is 0 Å². The molecule has 1 N–H and O–H groups in total. The number of aromatic amines is 1. The second-order valence-corrected chi connectivity index (χ2v) is 7.25. The van der Waals surface area contributed by atoms with E-state index < -0.39 is 0 Å². The Morgan fingerprint density at radius 1 is 1.22 bits per heavy atom. The maximum atomic E-state index is 13.0. The number of rotatable bonds is 2. The molecule has 0 spiro atoms. The summed E-state index contributed by atoms with van der Waals surface area (Å²) in [5, 5.41) is 0.623. The number of aryl methyl sites for hydroxylation is 1. The van der Waals surface area contributed by atoms with Crippen molar-refractivity contribution in [3.8, 4) is 0 Å². The van der Waals surface area contributed by atoms with Crippen molar-refractivity contribution in [2.45, 2.75) is 19.9 Å². The first-order valence-electron chi connectivity index (χ1n) is 8.75. The Labute approximate surface area is 161 Å². The highest BCUT2D eigenvalue weighted by Gasteiger charge is 2.33. The summed E-state index contributed by atoms with van der Waals surface area (Å²) in [4.78, 5) is 36.5. The van der Waals surface area contributed by atoms with Gasteiger partial charge in [0.25, 0.3) is 5.91 Å². The van der Waals surface area contributed by atoms with Crippen molar-refractivity contribution >= 4 is 40.1 Å². The quantitative estimate of drug-likeness (QED) is 0.738. The monoisotopic (exact) mass is 382 g/mol. The molecule has 27 heavy (non-hydrogen) atoms. The Kier molecular flexibility index (Phi) is 4.36. The van der Waals surface area contributed by atoms with Gasteiger partial charge in [0.15, 0.2) is 0 Å². The number of nitrogens with zero attached hydrogens (tertiary/aromatic N) is 3. The number of amides is 2. The fraction of sp³-hybridized carbons (Fsp3) is 0.250. The third-order valence-corrected chi connectivity index (χ3v) is 5.08. The third kappa shape index (κ3) is 3.28. The van der Waals surface area contributed by atoms with E-state index in [0.717, 1.165) is 22.5 Å². The summed E-state index contributed by atoms with van der Waals surface area (Å²) < 4.78 is 0. The van der Waals surface area contributed by atoms with E-state index in [1.54, 1.807) is 34.1 Å². The number of aromatic nitrogens is 2. The molecular weight excluding hydrogens is 364 g/mol. The molecule has 0 saturated carbocycles. The fourth-order valence-corrected chi connectivity index (χ4v) is 3.56. The smallest absolute Gasteiger partial charge is 0.254 e. The predicted molar refractivity (Wildman–Crippen MR) is 105 cm³/mol. The lowest BCUT2D eigenvalue weighted by Crippen LogP contribution is -2.57. The van der Waals surface area contributed by atoms with Gasteiger partial charge in [-0.2, -0.15) is 0 Å². The van der Waals surface area contributed by atoms with Gasteiger partial charge >= 0.3 is 0 Å². The van der Waals surface area contributed by atoms with Crippen LogP contribution in [0, 0.1) is 6.92 Å². The second-order valence-electron chi connectivity index (χ2n) is 6.82. The van der Waals surface area contributed by atoms with E-state index in [2.05, 4.69) is 9.97 Å². The number of piperazine rings is 1. The van der Waals surface area contributed by atoms with Crippen LogP contribution in [0.5, 0.6) is 0 Å². The summed E-state index contributed by atoms with van der Waals surface area (Å²) in [6.07, 6.45) is 0. The molecule has 1 aliphatic heterocycles. The van der Waals surface area contributed by atoms with Crippen LogP contribution in [-0.2, 0) is 4.79 Å². The van der Waals surface area contributed by atoms with E-state index in [1.165, 1.54) is 0 Å². The Morgan fingerprint density at radius 3 is 2.70 bits per heavy atom. The molecule has 138 valence electrons. The average Bonchev–Trinajstić information content (AvgIpc) is 3.02. The fourth-order valence-electron chi connectivity index (χ4n) is 3.43. The van der Waals surface area contributed by atoms with Gasteiger partial charge in [0.05, 0.1) is 11.0 Å². The SMILES string of the molecule is Cc1nc2ccc(C(=O)N3CC(=O)N(c4ccc(Cl)cc4)C[C@H]3C)cc2[nH]1. The minimum absolute atomic E-state index is 0.0443. The van der Waals surface area contributed by atoms with Crippen molar-refractivity contribution in [2.24, 2.45) is 0 Å². The molecule has 4 rings (SSSR count). The van der Waals surface area contributed by atoms with Gasteiger partial charge in [-0.15, -0.1) is 0 Å². The number of carbonyl (C=O) groups excluding carboxylic acids is 2. The van der Waals surface area contributed by atoms with Crippen LogP contribution in [0.3, 0.4) is 0 Å². The van der Waals surface area contributed by atoms with Gasteiger partial charge in [-0.05, 0) is 56.3 Å². The first-order chi connectivity index (χ1) is 12.9. The van der Waals surface area contributed by atoms with Crippen LogP contribution >= 0.6 is 11.6 Å². The van der Waals surface area contributed by atoms with E-state index in [4.69, 9.17) is 11.6 Å². The lowest BCUT2D eigenvalue weighted by molar-refractivity contribution is -0.121. The first-order valence-corrected chi connectivity index (χ1v) is 9.13. The van der Waals surface area contributed by atoms with E-state index in [0.29, 0.717) is 17.1 Å². The van der Waals surface area contributed by atoms with Crippen molar-refractivity contribution in [3.05, 3.63) is 58.9 Å². The van der Waals surface area contributed by atoms with Crippen molar-refractivity contribution in [1.82, 2.24) is 14.9 Å². The standard InChI is InChI=1S/C20H19ClN4O2/c1-12-10-25(16-6-4-15(21)5-7-16)19(26)11-24(12)20(27)14-3-8-17-18(9-14)23-13(2)22-17/h3-9,12H,10-11H2,1-2H3,(H,22,23)/t12-/m1/s1. The molecule has 0 radical (unpaired) electrons. The minimum atomic E-state index is -0.152. The maximum Gasteiger partial charge on any atom is 0.254 e. The molecule has 0 aliphatic carbocycles. The Hall–Kier alpha value is -2.86. The molecule has 1 aliphatic rings. The van der Waals surface area contributed by atoms with Gasteiger partial charge in [-0.1, -0.05) is 11.6 Å². The molecule has 2 heterocycles. The average molecular weight is 383 g/mol. The van der Waals surface area contributed by atoms with Crippen LogP contribution in [-0.4, -0.2) is 45.8 Å². The summed E-state index contributed by atoms with van der Waals surface area (Å²) >= 11 is 5.93. The number of anilines is 1. The van der Waals surface area contributed by atoms with Crippen LogP contribution < -0.4 is 4.90 Å². The molecule has 1 aromatic heterocycles. The Bertz CT molecular complexity index is 1030. The molecule has 7 heteroatoms. The highest BCUT2D eigenvalue weighted by molar-refractivity contribution is 6.30. The lowest BCUT2D eigenvalue weighted by Gasteiger charge is -2.39. The molecule has 0 unspecified atom stereocenters. The van der Waals surface area contributed by atoms with Crippen molar-refractivity contribution in [2.75, 3.05) is 18.0 Å². The normalized spacial score (nSPS) is 17.6. The van der Waals surface area contributed by atoms with Crippen LogP contribution in [0.4, 0.5) is 5.69 Å². The number of nitrogens with one attached hydrogen (secondary N) is 1. The zero-order valence-corrected chi connectivity index (χ0v) is 15.8. The maximum absolute atomic E-state index is 13.0. The Morgan fingerprint density at radius 2 is 1.96 bits per heavy atom. The molecule has 6 nitrogen and oxygen atoms in total. The number of hydrogen-bond acceptors (Lipinski definition) is 3. The summed E-state index contributed by atoms with van der Waals surface area (Å²) in [7, 11) is 0. The molecule has 2 amide bonds. The molecule has 0 bridgehead atoms. The number of carbonyl (C=O) groups is 2. The zero-order valence-electron chi connectivity index (χ0n) is 15.1. The van der Waals surface area contributed by atoms with E-state index >= 15 is 0 Å². The van der Waals surface area contributed by atoms with Gasteiger partial charge in [-0.3, -0.25) is 9.59 Å². The second kappa shape index (κ2) is 6.70. The highest BCUT2D eigenvalue weighted by Crippen LogP contribution is 2.24. The number of hydrogen-bond donors (Lipinski definition) is 1. The van der Waals surface area contributed by atoms with Crippen LogP contribution in [0.1, 0.15) is 23.1 Å². The van der Waals surface area contributed by atoms with Gasteiger partial charge in [-0.25, -0.2) is 4.98 Å².